The van der Waals surface area contributed by atoms with E-state index in [4.69, 9.17) is 10.5 Å². The van der Waals surface area contributed by atoms with Crippen LogP contribution in [0.25, 0.3) is 10.9 Å². The van der Waals surface area contributed by atoms with Gasteiger partial charge in [-0.25, -0.2) is 0 Å². The molecule has 3 heteroatoms. The lowest BCUT2D eigenvalue weighted by Gasteiger charge is -2.20. The molecule has 1 heterocycles. The number of aromatic nitrogens is 1. The van der Waals surface area contributed by atoms with Gasteiger partial charge < -0.3 is 15.5 Å². The van der Waals surface area contributed by atoms with Crippen LogP contribution in [-0.2, 0) is 6.42 Å². The number of hydrogen-bond donors (Lipinski definition) is 2. The summed E-state index contributed by atoms with van der Waals surface area (Å²) in [6.07, 6.45) is 3.59. The van der Waals surface area contributed by atoms with Gasteiger partial charge in [0.25, 0.3) is 0 Å². The topological polar surface area (TPSA) is 51.0 Å². The summed E-state index contributed by atoms with van der Waals surface area (Å²) in [6.45, 7) is 0.733. The van der Waals surface area contributed by atoms with E-state index in [0.29, 0.717) is 5.92 Å². The van der Waals surface area contributed by atoms with Gasteiger partial charge in [0.15, 0.2) is 0 Å². The van der Waals surface area contributed by atoms with Crippen molar-refractivity contribution in [2.75, 3.05) is 13.7 Å². The first-order chi connectivity index (χ1) is 8.33. The number of nitrogens with two attached hydrogens (primary N) is 1. The van der Waals surface area contributed by atoms with Crippen LogP contribution in [0, 0.1) is 0 Å². The van der Waals surface area contributed by atoms with Crippen molar-refractivity contribution < 1.29 is 4.74 Å². The Balaban J connectivity index is 2.20. The zero-order chi connectivity index (χ0) is 11.8. The van der Waals surface area contributed by atoms with Crippen molar-refractivity contribution in [3.05, 3.63) is 29.5 Å². The molecule has 0 bridgehead atoms. The van der Waals surface area contributed by atoms with Crippen LogP contribution in [0.2, 0.25) is 0 Å². The second-order valence-corrected chi connectivity index (χ2v) is 4.75. The van der Waals surface area contributed by atoms with Crippen molar-refractivity contribution in [2.24, 2.45) is 5.73 Å². The molecular weight excluding hydrogens is 212 g/mol. The standard InChI is InChI=1S/C14H18N2O/c1-17-10-5-6-13-12(7-10)11-4-2-3-9(8-15)14(11)16-13/h5-7,9,16H,2-4,8,15H2,1H3. The highest BCUT2D eigenvalue weighted by atomic mass is 16.5. The fraction of sp³-hybridized carbons (Fsp3) is 0.429. The van der Waals surface area contributed by atoms with Gasteiger partial charge in [-0.3, -0.25) is 0 Å². The van der Waals surface area contributed by atoms with Crippen molar-refractivity contribution in [3.8, 4) is 5.75 Å². The van der Waals surface area contributed by atoms with Gasteiger partial charge in [0, 0.05) is 29.1 Å². The van der Waals surface area contributed by atoms with Gasteiger partial charge >= 0.3 is 0 Å². The molecule has 0 saturated carbocycles. The number of benzene rings is 1. The summed E-state index contributed by atoms with van der Waals surface area (Å²) < 4.78 is 5.30. The van der Waals surface area contributed by atoms with Gasteiger partial charge in [-0.1, -0.05) is 0 Å². The van der Waals surface area contributed by atoms with E-state index in [0.717, 1.165) is 18.7 Å². The Hall–Kier alpha value is -1.48. The van der Waals surface area contributed by atoms with E-state index in [2.05, 4.69) is 17.1 Å². The maximum atomic E-state index is 5.85. The van der Waals surface area contributed by atoms with E-state index in [1.807, 2.05) is 6.07 Å². The fourth-order valence-corrected chi connectivity index (χ4v) is 2.90. The Kier molecular flexibility index (Phi) is 2.56. The summed E-state index contributed by atoms with van der Waals surface area (Å²) in [5.41, 5.74) is 9.85. The molecule has 0 aliphatic heterocycles. The Morgan fingerprint density at radius 1 is 1.47 bits per heavy atom. The van der Waals surface area contributed by atoms with E-state index in [1.165, 1.54) is 35.0 Å². The van der Waals surface area contributed by atoms with Crippen LogP contribution in [0.3, 0.4) is 0 Å². The van der Waals surface area contributed by atoms with Crippen LogP contribution < -0.4 is 10.5 Å². The second-order valence-electron chi connectivity index (χ2n) is 4.75. The highest BCUT2D eigenvalue weighted by Gasteiger charge is 2.23. The summed E-state index contributed by atoms with van der Waals surface area (Å²) >= 11 is 0. The number of hydrogen-bond acceptors (Lipinski definition) is 2. The number of H-pyrrole nitrogens is 1. The Morgan fingerprint density at radius 3 is 3.12 bits per heavy atom. The van der Waals surface area contributed by atoms with E-state index in [1.54, 1.807) is 7.11 Å². The number of methoxy groups -OCH3 is 1. The highest BCUT2D eigenvalue weighted by molar-refractivity contribution is 5.86. The molecular formula is C14H18N2O. The number of ether oxygens (including phenoxy) is 1. The molecule has 1 unspecified atom stereocenters. The number of aryl methyl sites for hydroxylation is 1. The third-order valence-corrected chi connectivity index (χ3v) is 3.82. The molecule has 3 N–H and O–H groups in total. The molecule has 0 amide bonds. The Labute approximate surface area is 101 Å². The number of aromatic amines is 1. The molecule has 0 radical (unpaired) electrons. The summed E-state index contributed by atoms with van der Waals surface area (Å²) in [6, 6.07) is 6.23. The summed E-state index contributed by atoms with van der Waals surface area (Å²) in [5, 5.41) is 1.30. The number of fused-ring (bicyclic) bond motifs is 3. The van der Waals surface area contributed by atoms with Gasteiger partial charge in [-0.15, -0.1) is 0 Å². The summed E-state index contributed by atoms with van der Waals surface area (Å²) in [5.74, 6) is 1.42. The molecule has 0 fully saturated rings. The van der Waals surface area contributed by atoms with E-state index in [-0.39, 0.29) is 0 Å². The zero-order valence-corrected chi connectivity index (χ0v) is 10.1. The maximum Gasteiger partial charge on any atom is 0.119 e. The normalized spacial score (nSPS) is 19.3. The van der Waals surface area contributed by atoms with Crippen LogP contribution in [-0.4, -0.2) is 18.6 Å². The van der Waals surface area contributed by atoms with Gasteiger partial charge in [-0.2, -0.15) is 0 Å². The first-order valence-corrected chi connectivity index (χ1v) is 6.22. The molecule has 1 aromatic heterocycles. The van der Waals surface area contributed by atoms with Crippen molar-refractivity contribution in [3.63, 3.8) is 0 Å². The Morgan fingerprint density at radius 2 is 2.35 bits per heavy atom. The third kappa shape index (κ3) is 1.62. The van der Waals surface area contributed by atoms with Crippen molar-refractivity contribution >= 4 is 10.9 Å². The smallest absolute Gasteiger partial charge is 0.119 e. The van der Waals surface area contributed by atoms with Crippen molar-refractivity contribution in [1.82, 2.24) is 4.98 Å². The largest absolute Gasteiger partial charge is 0.497 e. The first-order valence-electron chi connectivity index (χ1n) is 6.22. The molecule has 0 saturated heterocycles. The van der Waals surface area contributed by atoms with Crippen LogP contribution in [0.5, 0.6) is 5.75 Å². The molecule has 0 spiro atoms. The molecule has 90 valence electrons. The van der Waals surface area contributed by atoms with Crippen molar-refractivity contribution in [1.29, 1.82) is 0 Å². The average molecular weight is 230 g/mol. The lowest BCUT2D eigenvalue weighted by atomic mass is 9.87. The molecule has 3 nitrogen and oxygen atoms in total. The monoisotopic (exact) mass is 230 g/mol. The quantitative estimate of drug-likeness (QED) is 0.833. The van der Waals surface area contributed by atoms with E-state index >= 15 is 0 Å². The minimum Gasteiger partial charge on any atom is -0.497 e. The molecule has 1 aromatic carbocycles. The minimum absolute atomic E-state index is 0.497. The predicted molar refractivity (Wildman–Crippen MR) is 69.6 cm³/mol. The van der Waals surface area contributed by atoms with Crippen LogP contribution in [0.1, 0.15) is 30.0 Å². The Bertz CT molecular complexity index is 544. The molecule has 1 atom stereocenters. The average Bonchev–Trinajstić information content (AvgIpc) is 2.76. The predicted octanol–water partition coefficient (Wildman–Crippen LogP) is 2.56. The van der Waals surface area contributed by atoms with Crippen molar-refractivity contribution in [2.45, 2.75) is 25.2 Å². The van der Waals surface area contributed by atoms with E-state index in [9.17, 15) is 0 Å². The molecule has 1 aliphatic carbocycles. The van der Waals surface area contributed by atoms with Crippen LogP contribution >= 0.6 is 0 Å². The van der Waals surface area contributed by atoms with Gasteiger partial charge in [-0.05, 0) is 43.0 Å². The molecule has 17 heavy (non-hydrogen) atoms. The fourth-order valence-electron chi connectivity index (χ4n) is 2.90. The first kappa shape index (κ1) is 10.7. The van der Waals surface area contributed by atoms with Gasteiger partial charge in [0.2, 0.25) is 0 Å². The van der Waals surface area contributed by atoms with Crippen LogP contribution in [0.15, 0.2) is 18.2 Å². The summed E-state index contributed by atoms with van der Waals surface area (Å²) in [7, 11) is 1.71. The lowest BCUT2D eigenvalue weighted by Crippen LogP contribution is -2.17. The zero-order valence-electron chi connectivity index (χ0n) is 10.1. The molecule has 2 aromatic rings. The van der Waals surface area contributed by atoms with Crippen LogP contribution in [0.4, 0.5) is 0 Å². The second kappa shape index (κ2) is 4.08. The van der Waals surface area contributed by atoms with Gasteiger partial charge in [0.05, 0.1) is 7.11 Å². The lowest BCUT2D eigenvalue weighted by molar-refractivity contribution is 0.415. The minimum atomic E-state index is 0.497. The summed E-state index contributed by atoms with van der Waals surface area (Å²) in [4.78, 5) is 3.53. The molecule has 1 aliphatic rings. The van der Waals surface area contributed by atoms with E-state index < -0.39 is 0 Å². The SMILES string of the molecule is COc1ccc2[nH]c3c(c2c1)CCCC3CN. The highest BCUT2D eigenvalue weighted by Crippen LogP contribution is 2.36. The molecule has 3 rings (SSSR count). The van der Waals surface area contributed by atoms with Gasteiger partial charge in [0.1, 0.15) is 5.75 Å². The number of rotatable bonds is 2. The maximum absolute atomic E-state index is 5.85. The third-order valence-electron chi connectivity index (χ3n) is 3.82. The number of nitrogens with one attached hydrogen (secondary N) is 1.